The number of rotatable bonds is 1. The van der Waals surface area contributed by atoms with Crippen molar-refractivity contribution in [1.82, 2.24) is 5.32 Å². The zero-order valence-electron chi connectivity index (χ0n) is 5.83. The van der Waals surface area contributed by atoms with Crippen LogP contribution < -0.4 is 5.32 Å². The standard InChI is InChI=1S/C6H11NO3/c1-10-6(9)5-4(8)2-3-7-5/h4-5,7-8H,2-3H2,1H3/t4-,5?/m1/s1. The van der Waals surface area contributed by atoms with Crippen molar-refractivity contribution in [1.29, 1.82) is 0 Å². The molecule has 0 radical (unpaired) electrons. The number of methoxy groups -OCH3 is 1. The van der Waals surface area contributed by atoms with Crippen LogP contribution in [0.25, 0.3) is 0 Å². The van der Waals surface area contributed by atoms with Crippen molar-refractivity contribution in [2.75, 3.05) is 13.7 Å². The summed E-state index contributed by atoms with van der Waals surface area (Å²) in [4.78, 5) is 10.8. The maximum absolute atomic E-state index is 10.8. The molecule has 1 heterocycles. The van der Waals surface area contributed by atoms with E-state index in [4.69, 9.17) is 5.11 Å². The molecular formula is C6H11NO3. The third-order valence-electron chi connectivity index (χ3n) is 1.64. The lowest BCUT2D eigenvalue weighted by Crippen LogP contribution is -2.39. The molecule has 1 aliphatic heterocycles. The van der Waals surface area contributed by atoms with Gasteiger partial charge in [0, 0.05) is 0 Å². The van der Waals surface area contributed by atoms with E-state index in [1.165, 1.54) is 7.11 Å². The highest BCUT2D eigenvalue weighted by atomic mass is 16.5. The van der Waals surface area contributed by atoms with E-state index in [0.717, 1.165) is 0 Å². The summed E-state index contributed by atoms with van der Waals surface area (Å²) in [7, 11) is 1.31. The predicted molar refractivity (Wildman–Crippen MR) is 34.4 cm³/mol. The second kappa shape index (κ2) is 2.98. The van der Waals surface area contributed by atoms with Gasteiger partial charge in [-0.3, -0.25) is 4.79 Å². The smallest absolute Gasteiger partial charge is 0.325 e. The number of esters is 1. The molecule has 0 bridgehead atoms. The van der Waals surface area contributed by atoms with Crippen LogP contribution in [0, 0.1) is 0 Å². The molecule has 0 amide bonds. The van der Waals surface area contributed by atoms with Gasteiger partial charge in [-0.05, 0) is 13.0 Å². The third-order valence-corrected chi connectivity index (χ3v) is 1.64. The van der Waals surface area contributed by atoms with Gasteiger partial charge in [0.2, 0.25) is 0 Å². The number of carbonyl (C=O) groups excluding carboxylic acids is 1. The monoisotopic (exact) mass is 145 g/mol. The third kappa shape index (κ3) is 1.27. The zero-order chi connectivity index (χ0) is 7.56. The minimum absolute atomic E-state index is 0.384. The lowest BCUT2D eigenvalue weighted by Gasteiger charge is -2.10. The van der Waals surface area contributed by atoms with Crippen LogP contribution in [0.1, 0.15) is 6.42 Å². The fourth-order valence-electron chi connectivity index (χ4n) is 1.06. The molecule has 58 valence electrons. The lowest BCUT2D eigenvalue weighted by molar-refractivity contribution is -0.144. The molecule has 2 N–H and O–H groups in total. The molecule has 1 fully saturated rings. The molecular weight excluding hydrogens is 134 g/mol. The molecule has 0 saturated carbocycles. The highest BCUT2D eigenvalue weighted by molar-refractivity contribution is 5.76. The van der Waals surface area contributed by atoms with Gasteiger partial charge in [0.25, 0.3) is 0 Å². The average Bonchev–Trinajstić information content (AvgIpc) is 2.34. The summed E-state index contributed by atoms with van der Waals surface area (Å²) in [5, 5.41) is 12.0. The largest absolute Gasteiger partial charge is 0.468 e. The molecule has 1 rings (SSSR count). The summed E-state index contributed by atoms with van der Waals surface area (Å²) in [6.45, 7) is 0.681. The van der Waals surface area contributed by atoms with Crippen molar-refractivity contribution in [3.63, 3.8) is 0 Å². The van der Waals surface area contributed by atoms with Crippen molar-refractivity contribution < 1.29 is 14.6 Å². The topological polar surface area (TPSA) is 58.6 Å². The number of ether oxygens (including phenoxy) is 1. The molecule has 10 heavy (non-hydrogen) atoms. The number of aliphatic hydroxyl groups is 1. The van der Waals surface area contributed by atoms with Gasteiger partial charge in [-0.25, -0.2) is 0 Å². The Balaban J connectivity index is 2.46. The van der Waals surface area contributed by atoms with Gasteiger partial charge >= 0.3 is 5.97 Å². The van der Waals surface area contributed by atoms with Crippen LogP contribution in [0.15, 0.2) is 0 Å². The summed E-state index contributed by atoms with van der Waals surface area (Å²) in [5.74, 6) is -0.384. The first-order valence-electron chi connectivity index (χ1n) is 3.25. The normalized spacial score (nSPS) is 32.2. The number of hydrogen-bond donors (Lipinski definition) is 2. The molecule has 0 aromatic carbocycles. The first-order valence-corrected chi connectivity index (χ1v) is 3.25. The van der Waals surface area contributed by atoms with Crippen LogP contribution in [0.2, 0.25) is 0 Å². The van der Waals surface area contributed by atoms with Gasteiger partial charge in [0.15, 0.2) is 0 Å². The van der Waals surface area contributed by atoms with Gasteiger partial charge in [0.05, 0.1) is 13.2 Å². The minimum Gasteiger partial charge on any atom is -0.468 e. The van der Waals surface area contributed by atoms with Crippen LogP contribution in [-0.2, 0) is 9.53 Å². The molecule has 0 spiro atoms. The first-order chi connectivity index (χ1) is 4.75. The highest BCUT2D eigenvalue weighted by Crippen LogP contribution is 2.07. The molecule has 2 atom stereocenters. The van der Waals surface area contributed by atoms with E-state index in [1.54, 1.807) is 0 Å². The van der Waals surface area contributed by atoms with Gasteiger partial charge in [-0.1, -0.05) is 0 Å². The molecule has 0 aromatic heterocycles. The maximum atomic E-state index is 10.8. The molecule has 1 aliphatic rings. The second-order valence-corrected chi connectivity index (χ2v) is 2.31. The second-order valence-electron chi connectivity index (χ2n) is 2.31. The molecule has 4 heteroatoms. The van der Waals surface area contributed by atoms with E-state index in [1.807, 2.05) is 0 Å². The van der Waals surface area contributed by atoms with Crippen molar-refractivity contribution in [2.24, 2.45) is 0 Å². The summed E-state index contributed by atoms with van der Waals surface area (Å²) in [5.41, 5.74) is 0. The molecule has 4 nitrogen and oxygen atoms in total. The number of carbonyl (C=O) groups is 1. The van der Waals surface area contributed by atoms with Gasteiger partial charge in [-0.15, -0.1) is 0 Å². The number of hydrogen-bond acceptors (Lipinski definition) is 4. The fraction of sp³-hybridized carbons (Fsp3) is 0.833. The van der Waals surface area contributed by atoms with Crippen LogP contribution in [0.3, 0.4) is 0 Å². The minimum atomic E-state index is -0.576. The molecule has 1 saturated heterocycles. The predicted octanol–water partition coefficient (Wildman–Crippen LogP) is -1.12. The molecule has 0 aliphatic carbocycles. The van der Waals surface area contributed by atoms with Crippen LogP contribution >= 0.6 is 0 Å². The Morgan fingerprint density at radius 3 is 2.90 bits per heavy atom. The Hall–Kier alpha value is -0.610. The van der Waals surface area contributed by atoms with E-state index in [2.05, 4.69) is 10.1 Å². The van der Waals surface area contributed by atoms with Gasteiger partial charge in [0.1, 0.15) is 6.04 Å². The Bertz CT molecular complexity index is 137. The summed E-state index contributed by atoms with van der Waals surface area (Å²) in [6.07, 6.45) is 0.0483. The van der Waals surface area contributed by atoms with Crippen LogP contribution in [0.5, 0.6) is 0 Å². The van der Waals surface area contributed by atoms with E-state index < -0.39 is 12.1 Å². The summed E-state index contributed by atoms with van der Waals surface area (Å²) >= 11 is 0. The summed E-state index contributed by atoms with van der Waals surface area (Å²) in [6, 6.07) is -0.509. The Kier molecular flexibility index (Phi) is 2.24. The Morgan fingerprint density at radius 2 is 2.50 bits per heavy atom. The van der Waals surface area contributed by atoms with Crippen LogP contribution in [-0.4, -0.2) is 36.9 Å². The highest BCUT2D eigenvalue weighted by Gasteiger charge is 2.31. The van der Waals surface area contributed by atoms with Gasteiger partial charge in [-0.2, -0.15) is 0 Å². The summed E-state index contributed by atoms with van der Waals surface area (Å²) < 4.78 is 4.44. The van der Waals surface area contributed by atoms with Crippen molar-refractivity contribution in [3.05, 3.63) is 0 Å². The quantitative estimate of drug-likeness (QED) is 0.459. The lowest BCUT2D eigenvalue weighted by atomic mass is 10.2. The average molecular weight is 145 g/mol. The van der Waals surface area contributed by atoms with E-state index >= 15 is 0 Å². The van der Waals surface area contributed by atoms with E-state index in [9.17, 15) is 4.79 Å². The van der Waals surface area contributed by atoms with Crippen molar-refractivity contribution in [3.8, 4) is 0 Å². The fourth-order valence-corrected chi connectivity index (χ4v) is 1.06. The molecule has 1 unspecified atom stereocenters. The first kappa shape index (κ1) is 7.50. The molecule has 0 aromatic rings. The maximum Gasteiger partial charge on any atom is 0.325 e. The number of nitrogens with one attached hydrogen (secondary N) is 1. The Morgan fingerprint density at radius 1 is 1.80 bits per heavy atom. The van der Waals surface area contributed by atoms with Gasteiger partial charge < -0.3 is 15.2 Å². The zero-order valence-corrected chi connectivity index (χ0v) is 5.83. The van der Waals surface area contributed by atoms with E-state index in [0.29, 0.717) is 13.0 Å². The van der Waals surface area contributed by atoms with Crippen molar-refractivity contribution in [2.45, 2.75) is 18.6 Å². The number of aliphatic hydroxyl groups excluding tert-OH is 1. The van der Waals surface area contributed by atoms with E-state index in [-0.39, 0.29) is 5.97 Å². The van der Waals surface area contributed by atoms with Crippen LogP contribution in [0.4, 0.5) is 0 Å². The Labute approximate surface area is 59.2 Å². The SMILES string of the molecule is COC(=O)C1NCC[C@H]1O. The van der Waals surface area contributed by atoms with Crippen molar-refractivity contribution >= 4 is 5.97 Å².